The molecule has 1 aliphatic rings. The molecule has 0 saturated heterocycles. The second-order valence-electron chi connectivity index (χ2n) is 6.38. The van der Waals surface area contributed by atoms with Gasteiger partial charge in [0.2, 0.25) is 0 Å². The largest absolute Gasteiger partial charge is 0.481 e. The van der Waals surface area contributed by atoms with Crippen molar-refractivity contribution < 1.29 is 24.5 Å². The summed E-state index contributed by atoms with van der Waals surface area (Å²) in [5.41, 5.74) is 2.44. The molecule has 1 aliphatic heterocycles. The number of aliphatic carboxylic acids is 2. The van der Waals surface area contributed by atoms with E-state index in [4.69, 9.17) is 26.6 Å². The van der Waals surface area contributed by atoms with Crippen LogP contribution in [0.5, 0.6) is 0 Å². The number of rotatable bonds is 5. The first-order chi connectivity index (χ1) is 13.8. The fourth-order valence-corrected chi connectivity index (χ4v) is 2.98. The van der Waals surface area contributed by atoms with E-state index in [-0.39, 0.29) is 12.8 Å². The van der Waals surface area contributed by atoms with Crippen molar-refractivity contribution in [2.24, 2.45) is 4.99 Å². The van der Waals surface area contributed by atoms with E-state index in [2.05, 4.69) is 22.4 Å². The molecular formula is C21H23ClN2O5. The van der Waals surface area contributed by atoms with Gasteiger partial charge in [0.25, 0.3) is 6.02 Å². The molecule has 2 aromatic carbocycles. The van der Waals surface area contributed by atoms with Gasteiger partial charge < -0.3 is 20.3 Å². The highest BCUT2D eigenvalue weighted by Crippen LogP contribution is 2.41. The summed E-state index contributed by atoms with van der Waals surface area (Å²) in [5.74, 6) is -2.15. The van der Waals surface area contributed by atoms with Crippen LogP contribution in [0.3, 0.4) is 0 Å². The molecule has 0 saturated carbocycles. The zero-order valence-electron chi connectivity index (χ0n) is 16.2. The van der Waals surface area contributed by atoms with Gasteiger partial charge in [0.1, 0.15) is 0 Å². The quantitative estimate of drug-likeness (QED) is 0.665. The molecule has 3 rings (SSSR count). The molecule has 1 heterocycles. The third-order valence-corrected chi connectivity index (χ3v) is 4.45. The van der Waals surface area contributed by atoms with Crippen molar-refractivity contribution >= 4 is 35.2 Å². The minimum absolute atomic E-state index is 0.296. The first-order valence-electron chi connectivity index (χ1n) is 9.06. The predicted octanol–water partition coefficient (Wildman–Crippen LogP) is 4.36. The van der Waals surface area contributed by atoms with E-state index in [0.29, 0.717) is 17.6 Å². The molecule has 0 amide bonds. The lowest BCUT2D eigenvalue weighted by molar-refractivity contribution is -0.143. The zero-order chi connectivity index (χ0) is 21.4. The summed E-state index contributed by atoms with van der Waals surface area (Å²) in [5, 5.41) is 19.7. The Kier molecular flexibility index (Phi) is 7.61. The number of hydrogen-bond donors (Lipinski definition) is 3. The number of aliphatic imine (C=N–C) groups is 1. The maximum atomic E-state index is 9.64. The SMILES string of the molecule is CCN=C1Nc2ccc(Cl)cc2C(C)(c2ccccc2)O1.O=C(O)CCC(=O)O. The lowest BCUT2D eigenvalue weighted by atomic mass is 9.86. The summed E-state index contributed by atoms with van der Waals surface area (Å²) in [6, 6.07) is 16.4. The van der Waals surface area contributed by atoms with Gasteiger partial charge in [-0.3, -0.25) is 9.59 Å². The second kappa shape index (κ2) is 9.93. The minimum Gasteiger partial charge on any atom is -0.481 e. The van der Waals surface area contributed by atoms with Crippen molar-refractivity contribution in [2.75, 3.05) is 11.9 Å². The Morgan fingerprint density at radius 1 is 1.10 bits per heavy atom. The normalized spacial score (nSPS) is 18.5. The van der Waals surface area contributed by atoms with Crippen LogP contribution < -0.4 is 5.32 Å². The van der Waals surface area contributed by atoms with E-state index < -0.39 is 17.5 Å². The average Bonchev–Trinajstić information content (AvgIpc) is 2.68. The van der Waals surface area contributed by atoms with Crippen LogP contribution in [0, 0.1) is 0 Å². The number of fused-ring (bicyclic) bond motifs is 1. The Labute approximate surface area is 174 Å². The Hall–Kier alpha value is -3.06. The summed E-state index contributed by atoms with van der Waals surface area (Å²) >= 11 is 6.18. The van der Waals surface area contributed by atoms with Gasteiger partial charge in [-0.1, -0.05) is 41.9 Å². The van der Waals surface area contributed by atoms with E-state index in [1.807, 2.05) is 50.2 Å². The third-order valence-electron chi connectivity index (χ3n) is 4.22. The highest BCUT2D eigenvalue weighted by atomic mass is 35.5. The van der Waals surface area contributed by atoms with Gasteiger partial charge in [0.15, 0.2) is 5.60 Å². The topological polar surface area (TPSA) is 108 Å². The zero-order valence-corrected chi connectivity index (χ0v) is 16.9. The van der Waals surface area contributed by atoms with Crippen LogP contribution in [-0.2, 0) is 19.9 Å². The molecular weight excluding hydrogens is 396 g/mol. The third kappa shape index (κ3) is 5.96. The van der Waals surface area contributed by atoms with Crippen LogP contribution in [0.4, 0.5) is 5.69 Å². The Morgan fingerprint density at radius 2 is 1.72 bits per heavy atom. The van der Waals surface area contributed by atoms with E-state index >= 15 is 0 Å². The Morgan fingerprint density at radius 3 is 2.28 bits per heavy atom. The summed E-state index contributed by atoms with van der Waals surface area (Å²) < 4.78 is 6.16. The van der Waals surface area contributed by atoms with Crippen molar-refractivity contribution in [3.05, 3.63) is 64.7 Å². The number of halogens is 1. The summed E-state index contributed by atoms with van der Waals surface area (Å²) in [6.45, 7) is 4.69. The Bertz CT molecular complexity index is 887. The molecule has 154 valence electrons. The van der Waals surface area contributed by atoms with E-state index in [1.54, 1.807) is 0 Å². The van der Waals surface area contributed by atoms with Crippen molar-refractivity contribution in [3.63, 3.8) is 0 Å². The fourth-order valence-electron chi connectivity index (χ4n) is 2.81. The molecule has 8 heteroatoms. The van der Waals surface area contributed by atoms with E-state index in [0.717, 1.165) is 16.8 Å². The van der Waals surface area contributed by atoms with Gasteiger partial charge in [-0.2, -0.15) is 0 Å². The Balaban J connectivity index is 0.000000321. The van der Waals surface area contributed by atoms with Gasteiger partial charge in [-0.25, -0.2) is 4.99 Å². The summed E-state index contributed by atoms with van der Waals surface area (Å²) in [4.78, 5) is 23.7. The van der Waals surface area contributed by atoms with E-state index in [1.165, 1.54) is 0 Å². The molecule has 3 N–H and O–H groups in total. The number of benzene rings is 2. The second-order valence-corrected chi connectivity index (χ2v) is 6.82. The molecule has 1 atom stereocenters. The van der Waals surface area contributed by atoms with Crippen LogP contribution in [0.2, 0.25) is 5.02 Å². The number of hydrogen-bond acceptors (Lipinski definition) is 4. The van der Waals surface area contributed by atoms with Gasteiger partial charge >= 0.3 is 11.9 Å². The van der Waals surface area contributed by atoms with Gasteiger partial charge in [0, 0.05) is 22.8 Å². The number of carbonyl (C=O) groups is 2. The molecule has 0 bridgehead atoms. The monoisotopic (exact) mass is 418 g/mol. The predicted molar refractivity (Wildman–Crippen MR) is 112 cm³/mol. The number of amidine groups is 1. The summed E-state index contributed by atoms with van der Waals surface area (Å²) in [6.07, 6.45) is -0.593. The highest BCUT2D eigenvalue weighted by molar-refractivity contribution is 6.30. The molecule has 0 radical (unpaired) electrons. The van der Waals surface area contributed by atoms with Gasteiger partial charge in [0.05, 0.1) is 12.8 Å². The van der Waals surface area contributed by atoms with E-state index in [9.17, 15) is 9.59 Å². The highest BCUT2D eigenvalue weighted by Gasteiger charge is 2.38. The number of carboxylic acid groups (broad SMARTS) is 2. The van der Waals surface area contributed by atoms with Crippen molar-refractivity contribution in [1.82, 2.24) is 0 Å². The van der Waals surface area contributed by atoms with Crippen LogP contribution >= 0.6 is 11.6 Å². The molecule has 0 spiro atoms. The first kappa shape index (κ1) is 22.2. The molecule has 0 fully saturated rings. The van der Waals surface area contributed by atoms with Crippen LogP contribution in [0.15, 0.2) is 53.5 Å². The van der Waals surface area contributed by atoms with Crippen molar-refractivity contribution in [1.29, 1.82) is 0 Å². The molecule has 0 aliphatic carbocycles. The number of carboxylic acids is 2. The number of nitrogens with zero attached hydrogens (tertiary/aromatic N) is 1. The number of ether oxygens (including phenoxy) is 1. The van der Waals surface area contributed by atoms with Crippen LogP contribution in [-0.4, -0.2) is 34.7 Å². The fraction of sp³-hybridized carbons (Fsp3) is 0.286. The molecule has 1 unspecified atom stereocenters. The maximum absolute atomic E-state index is 9.64. The van der Waals surface area contributed by atoms with Gasteiger partial charge in [-0.05, 0) is 37.6 Å². The standard InChI is InChI=1S/C17H17ClN2O.C4H6O4/c1-3-19-16-20-15-10-9-13(18)11-14(15)17(2,21-16)12-7-5-4-6-8-12;5-3(6)1-2-4(7)8/h4-11H,3H2,1-2H3,(H,19,20);1-2H2,(H,5,6)(H,7,8). The van der Waals surface area contributed by atoms with Crippen LogP contribution in [0.1, 0.15) is 37.8 Å². The van der Waals surface area contributed by atoms with Crippen LogP contribution in [0.25, 0.3) is 0 Å². The molecule has 7 nitrogen and oxygen atoms in total. The molecule has 0 aromatic heterocycles. The lowest BCUT2D eigenvalue weighted by Crippen LogP contribution is -2.39. The maximum Gasteiger partial charge on any atom is 0.303 e. The average molecular weight is 419 g/mol. The number of nitrogens with one attached hydrogen (secondary N) is 1. The minimum atomic E-state index is -1.08. The number of anilines is 1. The lowest BCUT2D eigenvalue weighted by Gasteiger charge is -2.38. The molecule has 2 aromatic rings. The summed E-state index contributed by atoms with van der Waals surface area (Å²) in [7, 11) is 0. The first-order valence-corrected chi connectivity index (χ1v) is 9.43. The van der Waals surface area contributed by atoms with Gasteiger partial charge in [-0.15, -0.1) is 0 Å². The van der Waals surface area contributed by atoms with Crippen molar-refractivity contribution in [3.8, 4) is 0 Å². The van der Waals surface area contributed by atoms with Crippen molar-refractivity contribution in [2.45, 2.75) is 32.3 Å². The molecule has 29 heavy (non-hydrogen) atoms. The smallest absolute Gasteiger partial charge is 0.303 e.